The molecule has 0 saturated carbocycles. The molecule has 5 rings (SSSR count). The largest absolute Gasteiger partial charge is 0.364 e. The summed E-state index contributed by atoms with van der Waals surface area (Å²) in [5, 5.41) is 3.55. The molecule has 4 nitrogen and oxygen atoms in total. The van der Waals surface area contributed by atoms with E-state index < -0.39 is 0 Å². The van der Waals surface area contributed by atoms with Crippen LogP contribution in [-0.2, 0) is 25.8 Å². The van der Waals surface area contributed by atoms with Gasteiger partial charge < -0.3 is 10.3 Å². The normalized spacial score (nSPS) is 13.4. The third-order valence-corrected chi connectivity index (χ3v) is 5.48. The van der Waals surface area contributed by atoms with Crippen LogP contribution in [-0.4, -0.2) is 15.0 Å². The highest BCUT2D eigenvalue weighted by atomic mass is 15.0. The molecule has 1 aliphatic rings. The van der Waals surface area contributed by atoms with Crippen molar-refractivity contribution < 1.29 is 0 Å². The summed E-state index contributed by atoms with van der Waals surface area (Å²) in [7, 11) is 0. The van der Waals surface area contributed by atoms with Crippen LogP contribution in [0.5, 0.6) is 0 Å². The first-order valence-electron chi connectivity index (χ1n) is 10.1. The summed E-state index contributed by atoms with van der Waals surface area (Å²) < 4.78 is 0. The van der Waals surface area contributed by atoms with Crippen molar-refractivity contribution in [3.05, 3.63) is 88.9 Å². The number of anilines is 1. The van der Waals surface area contributed by atoms with Crippen molar-refractivity contribution in [2.24, 2.45) is 0 Å². The molecule has 0 fully saturated rings. The number of fused-ring (bicyclic) bond motifs is 3. The quantitative estimate of drug-likeness (QED) is 0.519. The standard InChI is InChI=1S/C24H24N4/c1-3-9-17(10-4-1)15-21-27-22-19-13-7-8-14-20(19)26-24(23(22)28-21)25-16-18-11-5-2-6-12-18/h1-6,9-12H,7-8,13-16H2,(H,25,26)(H,27,28). The van der Waals surface area contributed by atoms with Gasteiger partial charge in [0.15, 0.2) is 5.82 Å². The smallest absolute Gasteiger partial charge is 0.152 e. The van der Waals surface area contributed by atoms with E-state index in [0.29, 0.717) is 0 Å². The minimum atomic E-state index is 0.759. The fourth-order valence-corrected chi connectivity index (χ4v) is 4.05. The molecule has 0 unspecified atom stereocenters. The SMILES string of the molecule is c1ccc(CNc2nc3c(c4nc(Cc5ccccc5)[nH]c24)CCCC3)cc1. The van der Waals surface area contributed by atoms with E-state index in [1.807, 2.05) is 12.1 Å². The molecule has 4 heteroatoms. The van der Waals surface area contributed by atoms with Gasteiger partial charge in [0.25, 0.3) is 0 Å². The van der Waals surface area contributed by atoms with Crippen LogP contribution in [0.15, 0.2) is 60.7 Å². The van der Waals surface area contributed by atoms with Crippen molar-refractivity contribution >= 4 is 16.9 Å². The van der Waals surface area contributed by atoms with Crippen molar-refractivity contribution in [1.29, 1.82) is 0 Å². The van der Waals surface area contributed by atoms with Gasteiger partial charge in [-0.15, -0.1) is 0 Å². The van der Waals surface area contributed by atoms with Gasteiger partial charge in [0, 0.05) is 24.2 Å². The van der Waals surface area contributed by atoms with Gasteiger partial charge in [0.1, 0.15) is 11.3 Å². The summed E-state index contributed by atoms with van der Waals surface area (Å²) in [4.78, 5) is 13.6. The van der Waals surface area contributed by atoms with Crippen LogP contribution >= 0.6 is 0 Å². The van der Waals surface area contributed by atoms with Gasteiger partial charge in [-0.1, -0.05) is 60.7 Å². The Labute approximate surface area is 165 Å². The number of rotatable bonds is 5. The number of imidazole rings is 1. The number of pyridine rings is 1. The number of aromatic amines is 1. The predicted molar refractivity (Wildman–Crippen MR) is 114 cm³/mol. The number of H-pyrrole nitrogens is 1. The highest BCUT2D eigenvalue weighted by molar-refractivity contribution is 5.89. The molecule has 4 aromatic rings. The average molecular weight is 368 g/mol. The zero-order valence-electron chi connectivity index (χ0n) is 15.9. The van der Waals surface area contributed by atoms with E-state index in [0.717, 1.165) is 48.5 Å². The van der Waals surface area contributed by atoms with E-state index in [1.54, 1.807) is 0 Å². The molecule has 1 aliphatic carbocycles. The summed E-state index contributed by atoms with van der Waals surface area (Å²) in [5.41, 5.74) is 7.21. The fraction of sp³-hybridized carbons (Fsp3) is 0.250. The minimum absolute atomic E-state index is 0.759. The van der Waals surface area contributed by atoms with Crippen LogP contribution in [0.4, 0.5) is 5.82 Å². The molecular weight excluding hydrogens is 344 g/mol. The van der Waals surface area contributed by atoms with E-state index in [1.165, 1.54) is 35.2 Å². The molecule has 0 aliphatic heterocycles. The summed E-state index contributed by atoms with van der Waals surface area (Å²) in [6.07, 6.45) is 5.37. The van der Waals surface area contributed by atoms with Crippen molar-refractivity contribution in [2.45, 2.75) is 38.6 Å². The van der Waals surface area contributed by atoms with Crippen LogP contribution < -0.4 is 5.32 Å². The van der Waals surface area contributed by atoms with Gasteiger partial charge in [-0.05, 0) is 36.8 Å². The Hall–Kier alpha value is -3.14. The number of aromatic nitrogens is 3. The lowest BCUT2D eigenvalue weighted by molar-refractivity contribution is 0.672. The van der Waals surface area contributed by atoms with Crippen molar-refractivity contribution in [3.8, 4) is 0 Å². The maximum atomic E-state index is 5.00. The third-order valence-electron chi connectivity index (χ3n) is 5.48. The maximum Gasteiger partial charge on any atom is 0.152 e. The van der Waals surface area contributed by atoms with Gasteiger partial charge in [0.05, 0.1) is 5.52 Å². The van der Waals surface area contributed by atoms with E-state index in [4.69, 9.17) is 9.97 Å². The van der Waals surface area contributed by atoms with Gasteiger partial charge in [-0.2, -0.15) is 0 Å². The Balaban J connectivity index is 1.53. The van der Waals surface area contributed by atoms with Gasteiger partial charge in [0.2, 0.25) is 0 Å². The number of benzene rings is 2. The lowest BCUT2D eigenvalue weighted by Gasteiger charge is -2.17. The Morgan fingerprint density at radius 2 is 1.54 bits per heavy atom. The minimum Gasteiger partial charge on any atom is -0.364 e. The van der Waals surface area contributed by atoms with Crippen LogP contribution in [0.3, 0.4) is 0 Å². The number of nitrogens with zero attached hydrogens (tertiary/aromatic N) is 2. The number of hydrogen-bond acceptors (Lipinski definition) is 3. The van der Waals surface area contributed by atoms with Crippen molar-refractivity contribution in [1.82, 2.24) is 15.0 Å². The second kappa shape index (κ2) is 7.47. The topological polar surface area (TPSA) is 53.6 Å². The number of aryl methyl sites for hydroxylation is 2. The van der Waals surface area contributed by atoms with Gasteiger partial charge >= 0.3 is 0 Å². The highest BCUT2D eigenvalue weighted by Crippen LogP contribution is 2.31. The van der Waals surface area contributed by atoms with Crippen LogP contribution in [0.1, 0.15) is 41.1 Å². The molecule has 2 aromatic heterocycles. The number of hydrogen-bond donors (Lipinski definition) is 2. The second-order valence-corrected chi connectivity index (χ2v) is 7.50. The summed E-state index contributed by atoms with van der Waals surface area (Å²) in [6, 6.07) is 21.0. The Kier molecular flexibility index (Phi) is 4.53. The molecule has 0 bridgehead atoms. The Bertz CT molecular complexity index is 1080. The lowest BCUT2D eigenvalue weighted by atomic mass is 9.95. The fourth-order valence-electron chi connectivity index (χ4n) is 4.05. The van der Waals surface area contributed by atoms with Crippen LogP contribution in [0, 0.1) is 0 Å². The zero-order valence-corrected chi connectivity index (χ0v) is 15.9. The zero-order chi connectivity index (χ0) is 18.8. The first-order valence-corrected chi connectivity index (χ1v) is 10.1. The van der Waals surface area contributed by atoms with E-state index in [-0.39, 0.29) is 0 Å². The average Bonchev–Trinajstić information content (AvgIpc) is 3.17. The molecule has 28 heavy (non-hydrogen) atoms. The monoisotopic (exact) mass is 368 g/mol. The second-order valence-electron chi connectivity index (χ2n) is 7.50. The summed E-state index contributed by atoms with van der Waals surface area (Å²) >= 11 is 0. The molecule has 2 N–H and O–H groups in total. The van der Waals surface area contributed by atoms with Gasteiger partial charge in [-0.3, -0.25) is 0 Å². The molecule has 0 amide bonds. The Morgan fingerprint density at radius 3 is 2.32 bits per heavy atom. The first kappa shape index (κ1) is 17.0. The Morgan fingerprint density at radius 1 is 0.821 bits per heavy atom. The molecule has 0 saturated heterocycles. The van der Waals surface area contributed by atoms with Crippen molar-refractivity contribution in [2.75, 3.05) is 5.32 Å². The molecular formula is C24H24N4. The van der Waals surface area contributed by atoms with E-state index in [9.17, 15) is 0 Å². The van der Waals surface area contributed by atoms with Crippen LogP contribution in [0.25, 0.3) is 11.0 Å². The van der Waals surface area contributed by atoms with Crippen LogP contribution in [0.2, 0.25) is 0 Å². The maximum absolute atomic E-state index is 5.00. The lowest BCUT2D eigenvalue weighted by Crippen LogP contribution is -2.10. The van der Waals surface area contributed by atoms with E-state index in [2.05, 4.69) is 58.8 Å². The van der Waals surface area contributed by atoms with E-state index >= 15 is 0 Å². The highest BCUT2D eigenvalue weighted by Gasteiger charge is 2.20. The van der Waals surface area contributed by atoms with Gasteiger partial charge in [-0.25, -0.2) is 9.97 Å². The summed E-state index contributed by atoms with van der Waals surface area (Å²) in [5.74, 6) is 1.93. The summed E-state index contributed by atoms with van der Waals surface area (Å²) in [6.45, 7) is 0.759. The first-order chi connectivity index (χ1) is 13.9. The number of nitrogens with one attached hydrogen (secondary N) is 2. The molecule has 0 atom stereocenters. The predicted octanol–water partition coefficient (Wildman–Crippen LogP) is 5.04. The molecule has 0 spiro atoms. The molecule has 2 aromatic carbocycles. The van der Waals surface area contributed by atoms with Crippen molar-refractivity contribution in [3.63, 3.8) is 0 Å². The molecule has 2 heterocycles. The molecule has 0 radical (unpaired) electrons. The molecule has 140 valence electrons. The third kappa shape index (κ3) is 3.38.